The molecule has 1 atom stereocenters. The molecule has 0 bridgehead atoms. The highest BCUT2D eigenvalue weighted by Crippen LogP contribution is 2.35. The van der Waals surface area contributed by atoms with Gasteiger partial charge < -0.3 is 14.2 Å². The van der Waals surface area contributed by atoms with Crippen LogP contribution >= 0.6 is 27.3 Å². The average molecular weight is 645 g/mol. The van der Waals surface area contributed by atoms with Gasteiger partial charge in [-0.25, -0.2) is 9.79 Å². The van der Waals surface area contributed by atoms with Crippen molar-refractivity contribution in [1.29, 1.82) is 5.26 Å². The molecule has 1 aliphatic heterocycles. The topological polar surface area (TPSA) is 103 Å². The maximum Gasteiger partial charge on any atom is 0.338 e. The number of hydrogen-bond acceptors (Lipinski definition) is 8. The fourth-order valence-electron chi connectivity index (χ4n) is 4.61. The first kappa shape index (κ1) is 29.0. The Balaban J connectivity index is 1.49. The Hall–Kier alpha value is -4.46. The van der Waals surface area contributed by atoms with Gasteiger partial charge in [0.05, 0.1) is 51.7 Å². The Labute approximate surface area is 254 Å². The Bertz CT molecular complexity index is 1900. The van der Waals surface area contributed by atoms with E-state index in [2.05, 4.69) is 27.0 Å². The molecule has 0 aliphatic carbocycles. The minimum Gasteiger partial charge on any atom is -0.496 e. The lowest BCUT2D eigenvalue weighted by Gasteiger charge is -2.25. The Morgan fingerprint density at radius 3 is 2.52 bits per heavy atom. The maximum atomic E-state index is 13.8. The number of allylic oxidation sites excluding steroid dienone is 1. The van der Waals surface area contributed by atoms with Crippen LogP contribution in [0.4, 0.5) is 0 Å². The van der Waals surface area contributed by atoms with Crippen molar-refractivity contribution < 1.29 is 19.0 Å². The van der Waals surface area contributed by atoms with E-state index in [1.54, 1.807) is 49.8 Å². The minimum absolute atomic E-state index is 0.201. The predicted octanol–water partition coefficient (Wildman–Crippen LogP) is 5.02. The number of methoxy groups -OCH3 is 1. The fourth-order valence-corrected chi connectivity index (χ4v) is 6.22. The zero-order chi connectivity index (χ0) is 29.8. The summed E-state index contributed by atoms with van der Waals surface area (Å²) in [7, 11) is 1.57. The Morgan fingerprint density at radius 2 is 1.88 bits per heavy atom. The summed E-state index contributed by atoms with van der Waals surface area (Å²) in [5, 5.41) is 8.95. The second kappa shape index (κ2) is 12.6. The summed E-state index contributed by atoms with van der Waals surface area (Å²) in [4.78, 5) is 32.1. The van der Waals surface area contributed by atoms with Crippen molar-refractivity contribution in [3.05, 3.63) is 124 Å². The van der Waals surface area contributed by atoms with E-state index in [-0.39, 0.29) is 12.2 Å². The Kier molecular flexibility index (Phi) is 8.71. The number of halogens is 1. The van der Waals surface area contributed by atoms with Gasteiger partial charge in [0.25, 0.3) is 5.56 Å². The number of nitriles is 1. The van der Waals surface area contributed by atoms with E-state index in [0.29, 0.717) is 48.7 Å². The summed E-state index contributed by atoms with van der Waals surface area (Å²) in [6.45, 7) is 4.07. The third-order valence-electron chi connectivity index (χ3n) is 6.68. The number of carbonyl (C=O) groups is 1. The lowest BCUT2D eigenvalue weighted by atomic mass is 9.96. The van der Waals surface area contributed by atoms with Crippen molar-refractivity contribution in [2.75, 3.05) is 13.7 Å². The largest absolute Gasteiger partial charge is 0.496 e. The number of benzene rings is 3. The standard InChI is InChI=1S/C32H26BrN3O5S/c1-4-40-31(38)28-19(2)35-32-36(29(28)23-11-14-26(39-3)25(33)16-23)30(37)27(42-32)15-20-9-12-24(13-10-20)41-18-22-7-5-21(17-34)6-8-22/h5-16,29H,4,18H2,1-3H3/b27-15+/t29-/m0/s1. The summed E-state index contributed by atoms with van der Waals surface area (Å²) < 4.78 is 19.4. The van der Waals surface area contributed by atoms with E-state index in [9.17, 15) is 9.59 Å². The monoisotopic (exact) mass is 643 g/mol. The van der Waals surface area contributed by atoms with E-state index in [1.807, 2.05) is 48.5 Å². The second-order valence-electron chi connectivity index (χ2n) is 9.36. The first-order valence-electron chi connectivity index (χ1n) is 13.1. The predicted molar refractivity (Wildman–Crippen MR) is 163 cm³/mol. The van der Waals surface area contributed by atoms with Crippen LogP contribution in [0.25, 0.3) is 6.08 Å². The van der Waals surface area contributed by atoms with Gasteiger partial charge in [0.2, 0.25) is 0 Å². The summed E-state index contributed by atoms with van der Waals surface area (Å²) >= 11 is 4.79. The first-order chi connectivity index (χ1) is 20.3. The summed E-state index contributed by atoms with van der Waals surface area (Å²) in [6.07, 6.45) is 1.80. The molecular weight excluding hydrogens is 618 g/mol. The smallest absolute Gasteiger partial charge is 0.338 e. The van der Waals surface area contributed by atoms with Crippen LogP contribution in [0.5, 0.6) is 11.5 Å². The number of esters is 1. The molecule has 42 heavy (non-hydrogen) atoms. The molecule has 1 aliphatic rings. The molecule has 2 heterocycles. The molecule has 8 nitrogen and oxygen atoms in total. The van der Waals surface area contributed by atoms with Gasteiger partial charge in [-0.1, -0.05) is 41.7 Å². The van der Waals surface area contributed by atoms with Crippen molar-refractivity contribution >= 4 is 39.3 Å². The maximum absolute atomic E-state index is 13.8. The molecule has 0 radical (unpaired) electrons. The van der Waals surface area contributed by atoms with E-state index < -0.39 is 12.0 Å². The van der Waals surface area contributed by atoms with Gasteiger partial charge >= 0.3 is 5.97 Å². The summed E-state index contributed by atoms with van der Waals surface area (Å²) in [5.41, 5.74) is 3.65. The SMILES string of the molecule is CCOC(=O)C1=C(C)N=c2s/c(=C/c3ccc(OCc4ccc(C#N)cc4)cc3)c(=O)n2[C@H]1c1ccc(OC)c(Br)c1. The minimum atomic E-state index is -0.720. The molecule has 4 aromatic rings. The molecule has 0 amide bonds. The van der Waals surface area contributed by atoms with Crippen LogP contribution in [-0.4, -0.2) is 24.3 Å². The molecule has 0 fully saturated rings. The average Bonchev–Trinajstić information content (AvgIpc) is 3.30. The molecule has 0 spiro atoms. The van der Waals surface area contributed by atoms with Crippen molar-refractivity contribution in [1.82, 2.24) is 4.57 Å². The molecule has 0 saturated carbocycles. The molecule has 212 valence electrons. The van der Waals surface area contributed by atoms with Gasteiger partial charge in [-0.05, 0) is 88.9 Å². The zero-order valence-corrected chi connectivity index (χ0v) is 25.5. The molecular formula is C32H26BrN3O5S. The van der Waals surface area contributed by atoms with Crippen LogP contribution < -0.4 is 24.4 Å². The second-order valence-corrected chi connectivity index (χ2v) is 11.2. The molecule has 10 heteroatoms. The van der Waals surface area contributed by atoms with Crippen LogP contribution in [0.1, 0.15) is 42.1 Å². The molecule has 3 aromatic carbocycles. The third kappa shape index (κ3) is 5.93. The molecule has 5 rings (SSSR count). The van der Waals surface area contributed by atoms with Gasteiger partial charge in [0.1, 0.15) is 18.1 Å². The van der Waals surface area contributed by atoms with E-state index >= 15 is 0 Å². The Morgan fingerprint density at radius 1 is 1.14 bits per heavy atom. The number of rotatable bonds is 8. The number of thiazole rings is 1. The highest BCUT2D eigenvalue weighted by Gasteiger charge is 2.33. The van der Waals surface area contributed by atoms with Crippen molar-refractivity contribution in [2.24, 2.45) is 4.99 Å². The van der Waals surface area contributed by atoms with Crippen molar-refractivity contribution in [2.45, 2.75) is 26.5 Å². The number of fused-ring (bicyclic) bond motifs is 1. The van der Waals surface area contributed by atoms with Crippen LogP contribution in [0.3, 0.4) is 0 Å². The number of nitrogens with zero attached hydrogens (tertiary/aromatic N) is 3. The number of aromatic nitrogens is 1. The van der Waals surface area contributed by atoms with Crippen LogP contribution in [0.15, 0.2) is 92.3 Å². The lowest BCUT2D eigenvalue weighted by molar-refractivity contribution is -0.139. The van der Waals surface area contributed by atoms with Gasteiger partial charge in [0.15, 0.2) is 4.80 Å². The van der Waals surface area contributed by atoms with Gasteiger partial charge in [-0.15, -0.1) is 0 Å². The van der Waals surface area contributed by atoms with Crippen molar-refractivity contribution in [3.8, 4) is 17.6 Å². The van der Waals surface area contributed by atoms with E-state index in [4.69, 9.17) is 19.5 Å². The normalized spacial score (nSPS) is 14.5. The molecule has 0 unspecified atom stereocenters. The fraction of sp³-hybridized carbons (Fsp3) is 0.188. The highest BCUT2D eigenvalue weighted by molar-refractivity contribution is 9.10. The zero-order valence-electron chi connectivity index (χ0n) is 23.1. The van der Waals surface area contributed by atoms with Crippen LogP contribution in [0.2, 0.25) is 0 Å². The number of ether oxygens (including phenoxy) is 3. The van der Waals surface area contributed by atoms with Gasteiger partial charge in [0, 0.05) is 0 Å². The lowest BCUT2D eigenvalue weighted by Crippen LogP contribution is -2.39. The first-order valence-corrected chi connectivity index (χ1v) is 14.7. The van der Waals surface area contributed by atoms with Crippen LogP contribution in [0, 0.1) is 11.3 Å². The van der Waals surface area contributed by atoms with E-state index in [0.717, 1.165) is 16.7 Å². The van der Waals surface area contributed by atoms with Gasteiger partial charge in [-0.2, -0.15) is 5.26 Å². The molecule has 1 aromatic heterocycles. The highest BCUT2D eigenvalue weighted by atomic mass is 79.9. The summed E-state index contributed by atoms with van der Waals surface area (Å²) in [5.74, 6) is 0.799. The quantitative estimate of drug-likeness (QED) is 0.250. The third-order valence-corrected chi connectivity index (χ3v) is 8.28. The number of hydrogen-bond donors (Lipinski definition) is 0. The van der Waals surface area contributed by atoms with Crippen molar-refractivity contribution in [3.63, 3.8) is 0 Å². The molecule has 0 saturated heterocycles. The number of carbonyl (C=O) groups excluding carboxylic acids is 1. The molecule has 0 N–H and O–H groups in total. The summed E-state index contributed by atoms with van der Waals surface area (Å²) in [6, 6.07) is 21.5. The van der Waals surface area contributed by atoms with Gasteiger partial charge in [-0.3, -0.25) is 9.36 Å². The van der Waals surface area contributed by atoms with E-state index in [1.165, 1.54) is 11.3 Å². The van der Waals surface area contributed by atoms with Crippen LogP contribution in [-0.2, 0) is 16.1 Å².